The number of hydrogen-bond donors (Lipinski definition) is 5. The Balaban J connectivity index is 1.85. The first-order valence-electron chi connectivity index (χ1n) is 8.83. The van der Waals surface area contributed by atoms with Crippen molar-refractivity contribution in [1.82, 2.24) is 20.7 Å². The largest absolute Gasteiger partial charge is 0.573 e. The molecule has 14 heteroatoms. The molecule has 0 spiro atoms. The molecule has 5 N–H and O–H groups in total. The normalized spacial score (nSPS) is 21.0. The summed E-state index contributed by atoms with van der Waals surface area (Å²) in [5.41, 5.74) is 0.270. The SMILES string of the molecule is CC1CC(=NCCNS(C)(=O)=O)NC(NC(=O)Nc2ccc(OC(F)(F)F)cc2)N1. The lowest BCUT2D eigenvalue weighted by atomic mass is 10.2. The van der Waals surface area contributed by atoms with E-state index >= 15 is 0 Å². The second-order valence-electron chi connectivity index (χ2n) is 6.51. The van der Waals surface area contributed by atoms with Crippen molar-refractivity contribution in [3.8, 4) is 5.75 Å². The molecule has 10 nitrogen and oxygen atoms in total. The van der Waals surface area contributed by atoms with Crippen molar-refractivity contribution in [2.24, 2.45) is 4.99 Å². The van der Waals surface area contributed by atoms with Crippen LogP contribution >= 0.6 is 0 Å². The Kier molecular flexibility index (Phi) is 7.86. The third-order valence-corrected chi connectivity index (χ3v) is 4.39. The minimum absolute atomic E-state index is 0.0167. The molecule has 0 radical (unpaired) electrons. The van der Waals surface area contributed by atoms with Crippen LogP contribution in [0.4, 0.5) is 23.7 Å². The lowest BCUT2D eigenvalue weighted by Gasteiger charge is -2.32. The van der Waals surface area contributed by atoms with E-state index in [1.807, 2.05) is 6.92 Å². The maximum atomic E-state index is 12.2. The van der Waals surface area contributed by atoms with Gasteiger partial charge in [0.1, 0.15) is 11.6 Å². The summed E-state index contributed by atoms with van der Waals surface area (Å²) in [5, 5.41) is 11.2. The Morgan fingerprint density at radius 1 is 1.30 bits per heavy atom. The van der Waals surface area contributed by atoms with Crippen LogP contribution in [0.25, 0.3) is 0 Å². The van der Waals surface area contributed by atoms with Gasteiger partial charge < -0.3 is 20.7 Å². The fourth-order valence-corrected chi connectivity index (χ4v) is 3.01. The van der Waals surface area contributed by atoms with Crippen LogP contribution in [0.2, 0.25) is 0 Å². The molecule has 1 heterocycles. The second-order valence-corrected chi connectivity index (χ2v) is 8.35. The van der Waals surface area contributed by atoms with Crippen LogP contribution in [0.1, 0.15) is 13.3 Å². The highest BCUT2D eigenvalue weighted by Gasteiger charge is 2.31. The summed E-state index contributed by atoms with van der Waals surface area (Å²) < 4.78 is 64.7. The number of sulfonamides is 1. The van der Waals surface area contributed by atoms with Crippen LogP contribution in [0, 0.1) is 0 Å². The highest BCUT2D eigenvalue weighted by atomic mass is 32.2. The summed E-state index contributed by atoms with van der Waals surface area (Å²) in [7, 11) is -3.29. The molecule has 0 aliphatic carbocycles. The van der Waals surface area contributed by atoms with E-state index in [-0.39, 0.29) is 24.8 Å². The van der Waals surface area contributed by atoms with Gasteiger partial charge in [-0.15, -0.1) is 13.2 Å². The molecule has 1 fully saturated rings. The summed E-state index contributed by atoms with van der Waals surface area (Å²) in [5.74, 6) is 0.194. The van der Waals surface area contributed by atoms with Crippen LogP contribution in [0.5, 0.6) is 5.75 Å². The van der Waals surface area contributed by atoms with Gasteiger partial charge in [-0.2, -0.15) is 0 Å². The number of carbonyl (C=O) groups is 1. The van der Waals surface area contributed by atoms with Gasteiger partial charge in [-0.05, 0) is 31.2 Å². The molecular weight excluding hydrogens is 429 g/mol. The van der Waals surface area contributed by atoms with Crippen molar-refractivity contribution >= 4 is 27.6 Å². The molecule has 2 rings (SSSR count). The molecule has 2 amide bonds. The van der Waals surface area contributed by atoms with Gasteiger partial charge in [0.05, 0.1) is 12.8 Å². The number of aliphatic imine (C=N–C) groups is 1. The number of nitrogens with zero attached hydrogens (tertiary/aromatic N) is 1. The van der Waals surface area contributed by atoms with Crippen molar-refractivity contribution < 1.29 is 31.1 Å². The zero-order valence-electron chi connectivity index (χ0n) is 16.2. The zero-order valence-corrected chi connectivity index (χ0v) is 17.0. The predicted octanol–water partition coefficient (Wildman–Crippen LogP) is 0.909. The molecule has 30 heavy (non-hydrogen) atoms. The number of amides is 2. The fourth-order valence-electron chi connectivity index (χ4n) is 2.55. The fraction of sp³-hybridized carbons (Fsp3) is 0.500. The van der Waals surface area contributed by atoms with Crippen LogP contribution < -0.4 is 30.7 Å². The van der Waals surface area contributed by atoms with Crippen LogP contribution in [0.3, 0.4) is 0 Å². The molecular formula is C16H23F3N6O4S. The summed E-state index contributed by atoms with van der Waals surface area (Å²) in [6.45, 7) is 2.27. The first-order chi connectivity index (χ1) is 13.9. The second kappa shape index (κ2) is 9.95. The average Bonchev–Trinajstić information content (AvgIpc) is 2.58. The van der Waals surface area contributed by atoms with Crippen molar-refractivity contribution in [3.63, 3.8) is 0 Å². The molecule has 1 aromatic carbocycles. The first kappa shape index (κ1) is 23.7. The number of benzene rings is 1. The van der Waals surface area contributed by atoms with Gasteiger partial charge in [-0.1, -0.05) is 0 Å². The maximum absolute atomic E-state index is 12.2. The van der Waals surface area contributed by atoms with Crippen molar-refractivity contribution in [1.29, 1.82) is 0 Å². The van der Waals surface area contributed by atoms with Gasteiger partial charge >= 0.3 is 12.4 Å². The Hall–Kier alpha value is -2.58. The van der Waals surface area contributed by atoms with E-state index in [9.17, 15) is 26.4 Å². The van der Waals surface area contributed by atoms with E-state index < -0.39 is 34.5 Å². The summed E-state index contributed by atoms with van der Waals surface area (Å²) in [6.07, 6.45) is -3.83. The number of hydrogen-bond acceptors (Lipinski definition) is 6. The smallest absolute Gasteiger partial charge is 0.406 e. The minimum atomic E-state index is -4.79. The van der Waals surface area contributed by atoms with Crippen molar-refractivity contribution in [2.75, 3.05) is 24.7 Å². The van der Waals surface area contributed by atoms with E-state index in [1.54, 1.807) is 0 Å². The molecule has 2 atom stereocenters. The Morgan fingerprint density at radius 3 is 2.57 bits per heavy atom. The number of anilines is 1. The third-order valence-electron chi connectivity index (χ3n) is 3.66. The summed E-state index contributed by atoms with van der Waals surface area (Å²) >= 11 is 0. The first-order valence-corrected chi connectivity index (χ1v) is 10.7. The van der Waals surface area contributed by atoms with E-state index in [4.69, 9.17) is 0 Å². The molecule has 2 unspecified atom stereocenters. The Morgan fingerprint density at radius 2 is 1.97 bits per heavy atom. The number of urea groups is 1. The van der Waals surface area contributed by atoms with Crippen LogP contribution in [0.15, 0.2) is 29.3 Å². The van der Waals surface area contributed by atoms with Gasteiger partial charge in [-0.25, -0.2) is 17.9 Å². The zero-order chi connectivity index (χ0) is 22.4. The topological polar surface area (TPSA) is 133 Å². The van der Waals surface area contributed by atoms with Crippen molar-refractivity contribution in [3.05, 3.63) is 24.3 Å². The summed E-state index contributed by atoms with van der Waals surface area (Å²) in [6, 6.07) is 4.09. The number of rotatable bonds is 7. The van der Waals surface area contributed by atoms with Gasteiger partial charge in [0, 0.05) is 24.7 Å². The monoisotopic (exact) mass is 452 g/mol. The van der Waals surface area contributed by atoms with Crippen molar-refractivity contribution in [2.45, 2.75) is 32.0 Å². The molecule has 168 valence electrons. The molecule has 0 aromatic heterocycles. The number of ether oxygens (including phenoxy) is 1. The molecule has 0 saturated carbocycles. The number of halogens is 3. The number of carbonyl (C=O) groups excluding carboxylic acids is 1. The van der Waals surface area contributed by atoms with Crippen LogP contribution in [-0.2, 0) is 10.0 Å². The highest BCUT2D eigenvalue weighted by molar-refractivity contribution is 7.88. The average molecular weight is 452 g/mol. The molecule has 1 aliphatic heterocycles. The molecule has 1 aliphatic rings. The Bertz CT molecular complexity index is 861. The van der Waals surface area contributed by atoms with E-state index in [1.165, 1.54) is 12.1 Å². The standard InChI is InChI=1S/C16H23F3N6O4S/c1-10-9-13(20-7-8-21-30(2,27)28)24-14(22-10)25-15(26)23-11-3-5-12(6-4-11)29-16(17,18)19/h3-6,10,14,21-22H,7-9H2,1-2H3,(H,20,24)(H2,23,25,26). The van der Waals surface area contributed by atoms with E-state index in [2.05, 4.69) is 35.7 Å². The lowest BCUT2D eigenvalue weighted by Crippen LogP contribution is -2.63. The maximum Gasteiger partial charge on any atom is 0.573 e. The molecule has 0 bridgehead atoms. The molecule has 1 saturated heterocycles. The van der Waals surface area contributed by atoms with Gasteiger partial charge in [0.25, 0.3) is 0 Å². The molecule has 1 aromatic rings. The number of alkyl halides is 3. The van der Waals surface area contributed by atoms with E-state index in [0.717, 1.165) is 18.4 Å². The minimum Gasteiger partial charge on any atom is -0.406 e. The predicted molar refractivity (Wildman–Crippen MR) is 105 cm³/mol. The van der Waals surface area contributed by atoms with Crippen LogP contribution in [-0.4, -0.2) is 58.3 Å². The van der Waals surface area contributed by atoms with Gasteiger partial charge in [0.2, 0.25) is 10.0 Å². The van der Waals surface area contributed by atoms with Gasteiger partial charge in [0.15, 0.2) is 6.29 Å². The summed E-state index contributed by atoms with van der Waals surface area (Å²) in [4.78, 5) is 16.4. The van der Waals surface area contributed by atoms with E-state index in [0.29, 0.717) is 12.3 Å². The number of amidine groups is 1. The quantitative estimate of drug-likeness (QED) is 0.391. The van der Waals surface area contributed by atoms with Gasteiger partial charge in [-0.3, -0.25) is 10.3 Å². The number of nitrogens with one attached hydrogen (secondary N) is 5. The Labute approximate surface area is 171 Å². The third kappa shape index (κ3) is 9.28. The lowest BCUT2D eigenvalue weighted by molar-refractivity contribution is -0.274. The highest BCUT2D eigenvalue weighted by Crippen LogP contribution is 2.23.